The molecule has 0 bridgehead atoms. The van der Waals surface area contributed by atoms with E-state index in [9.17, 15) is 0 Å². The molecule has 0 aliphatic carbocycles. The van der Waals surface area contributed by atoms with Crippen molar-refractivity contribution in [2.24, 2.45) is 23.2 Å². The maximum Gasteiger partial charge on any atom is -0.0360 e. The van der Waals surface area contributed by atoms with Gasteiger partial charge in [0, 0.05) is 0 Å². The normalized spacial score (nSPS) is 12.0. The van der Waals surface area contributed by atoms with Gasteiger partial charge in [-0.3, -0.25) is 0 Å². The summed E-state index contributed by atoms with van der Waals surface area (Å²) in [6.07, 6.45) is 0. The van der Waals surface area contributed by atoms with Gasteiger partial charge in [0.15, 0.2) is 0 Å². The molecular formula is C13H30. The van der Waals surface area contributed by atoms with Crippen molar-refractivity contribution in [1.29, 1.82) is 0 Å². The minimum absolute atomic E-state index is 0.500. The first-order valence-corrected chi connectivity index (χ1v) is 5.59. The van der Waals surface area contributed by atoms with E-state index < -0.39 is 0 Å². The molecule has 0 aliphatic rings. The molecule has 0 fully saturated rings. The van der Waals surface area contributed by atoms with Gasteiger partial charge in [-0.1, -0.05) is 62.3 Å². The van der Waals surface area contributed by atoms with Gasteiger partial charge in [0.1, 0.15) is 0 Å². The summed E-state index contributed by atoms with van der Waals surface area (Å²) in [6, 6.07) is 0. The van der Waals surface area contributed by atoms with E-state index in [0.717, 1.165) is 17.8 Å². The maximum absolute atomic E-state index is 2.26. The first-order chi connectivity index (χ1) is 5.59. The Kier molecular flexibility index (Phi) is 7.68. The molecule has 0 nitrogen and oxygen atoms in total. The van der Waals surface area contributed by atoms with Crippen LogP contribution in [0.4, 0.5) is 0 Å². The van der Waals surface area contributed by atoms with Gasteiger partial charge in [0.05, 0.1) is 0 Å². The summed E-state index contributed by atoms with van der Waals surface area (Å²) < 4.78 is 0. The first-order valence-electron chi connectivity index (χ1n) is 5.59. The van der Waals surface area contributed by atoms with Crippen molar-refractivity contribution in [3.05, 3.63) is 0 Å². The van der Waals surface area contributed by atoms with Crippen LogP contribution >= 0.6 is 0 Å². The summed E-state index contributed by atoms with van der Waals surface area (Å²) in [7, 11) is 0. The molecule has 0 aliphatic heterocycles. The second kappa shape index (κ2) is 6.45. The number of hydrogen-bond donors (Lipinski definition) is 0. The maximum atomic E-state index is 2.26. The van der Waals surface area contributed by atoms with Gasteiger partial charge in [-0.15, -0.1) is 0 Å². The highest BCUT2D eigenvalue weighted by Gasteiger charge is 2.13. The molecule has 0 aromatic carbocycles. The quantitative estimate of drug-likeness (QED) is 0.541. The van der Waals surface area contributed by atoms with Gasteiger partial charge in [0.2, 0.25) is 0 Å². The predicted molar refractivity (Wildman–Crippen MR) is 64.0 cm³/mol. The van der Waals surface area contributed by atoms with Crippen LogP contribution < -0.4 is 0 Å². The van der Waals surface area contributed by atoms with Crippen molar-refractivity contribution in [3.8, 4) is 0 Å². The first kappa shape index (κ1) is 15.5. The van der Waals surface area contributed by atoms with Gasteiger partial charge in [-0.05, 0) is 23.2 Å². The van der Waals surface area contributed by atoms with Gasteiger partial charge in [-0.2, -0.15) is 0 Å². The lowest BCUT2D eigenvalue weighted by Gasteiger charge is -2.22. The molecule has 0 aromatic heterocycles. The molecule has 0 heteroatoms. The van der Waals surface area contributed by atoms with Crippen molar-refractivity contribution in [1.82, 2.24) is 0 Å². The van der Waals surface area contributed by atoms with Gasteiger partial charge < -0.3 is 0 Å². The van der Waals surface area contributed by atoms with Crippen molar-refractivity contribution >= 4 is 0 Å². The lowest BCUT2D eigenvalue weighted by Crippen LogP contribution is -2.12. The van der Waals surface area contributed by atoms with E-state index in [4.69, 9.17) is 0 Å². The molecule has 82 valence electrons. The molecule has 13 heavy (non-hydrogen) atoms. The molecule has 0 radical (unpaired) electrons. The van der Waals surface area contributed by atoms with E-state index >= 15 is 0 Å². The van der Waals surface area contributed by atoms with Crippen LogP contribution in [0.1, 0.15) is 62.3 Å². The van der Waals surface area contributed by atoms with Crippen LogP contribution in [-0.4, -0.2) is 0 Å². The molecule has 0 saturated heterocycles. The zero-order valence-electron chi connectivity index (χ0n) is 11.2. The van der Waals surface area contributed by atoms with Gasteiger partial charge in [-0.25, -0.2) is 0 Å². The highest BCUT2D eigenvalue weighted by molar-refractivity contribution is 4.64. The summed E-state index contributed by atoms with van der Waals surface area (Å²) in [5.74, 6) is 2.50. The standard InChI is InChI=1S/C7H16.C6H14/c1-6(2)7(3,4)5;1-5(2)6(3)4/h6H,1-5H3;5-6H,1-4H3. The van der Waals surface area contributed by atoms with Crippen LogP contribution in [0, 0.1) is 23.2 Å². The molecule has 0 rings (SSSR count). The third-order valence-electron chi connectivity index (χ3n) is 3.07. The highest BCUT2D eigenvalue weighted by Crippen LogP contribution is 2.23. The Morgan fingerprint density at radius 2 is 0.769 bits per heavy atom. The Morgan fingerprint density at radius 1 is 0.615 bits per heavy atom. The van der Waals surface area contributed by atoms with Crippen molar-refractivity contribution < 1.29 is 0 Å². The molecule has 0 aromatic rings. The Morgan fingerprint density at radius 3 is 0.769 bits per heavy atom. The summed E-state index contributed by atoms with van der Waals surface area (Å²) in [6.45, 7) is 20.2. The SMILES string of the molecule is CC(C)C(C)(C)C.CC(C)C(C)C. The van der Waals surface area contributed by atoms with Gasteiger partial charge in [0.25, 0.3) is 0 Å². The van der Waals surface area contributed by atoms with Crippen molar-refractivity contribution in [2.75, 3.05) is 0 Å². The van der Waals surface area contributed by atoms with E-state index in [1.807, 2.05) is 0 Å². The second-order valence-electron chi connectivity index (χ2n) is 6.01. The van der Waals surface area contributed by atoms with E-state index in [-0.39, 0.29) is 0 Å². The summed E-state index contributed by atoms with van der Waals surface area (Å²) >= 11 is 0. The summed E-state index contributed by atoms with van der Waals surface area (Å²) in [5, 5.41) is 0. The smallest absolute Gasteiger partial charge is 0.0360 e. The fourth-order valence-electron chi connectivity index (χ4n) is 0. The highest BCUT2D eigenvalue weighted by atomic mass is 14.2. The van der Waals surface area contributed by atoms with E-state index in [1.165, 1.54) is 0 Å². The zero-order valence-corrected chi connectivity index (χ0v) is 11.2. The molecule has 0 amide bonds. The Bertz CT molecular complexity index is 95.7. The van der Waals surface area contributed by atoms with Crippen LogP contribution in [0.5, 0.6) is 0 Å². The van der Waals surface area contributed by atoms with Crippen molar-refractivity contribution in [2.45, 2.75) is 62.3 Å². The van der Waals surface area contributed by atoms with E-state index in [2.05, 4.69) is 62.3 Å². The lowest BCUT2D eigenvalue weighted by molar-refractivity contribution is 0.283. The minimum atomic E-state index is 0.500. The molecule has 0 spiro atoms. The van der Waals surface area contributed by atoms with Crippen LogP contribution in [-0.2, 0) is 0 Å². The van der Waals surface area contributed by atoms with Crippen LogP contribution in [0.15, 0.2) is 0 Å². The molecule has 0 N–H and O–H groups in total. The fraction of sp³-hybridized carbons (Fsp3) is 1.00. The van der Waals surface area contributed by atoms with Crippen LogP contribution in [0.25, 0.3) is 0 Å². The zero-order chi connectivity index (χ0) is 11.2. The Hall–Kier alpha value is 0. The van der Waals surface area contributed by atoms with Crippen LogP contribution in [0.3, 0.4) is 0 Å². The monoisotopic (exact) mass is 186 g/mol. The van der Waals surface area contributed by atoms with Crippen molar-refractivity contribution in [3.63, 3.8) is 0 Å². The molecule has 0 unspecified atom stereocenters. The third kappa shape index (κ3) is 12.0. The topological polar surface area (TPSA) is 0 Å². The molecular weight excluding hydrogens is 156 g/mol. The lowest BCUT2D eigenvalue weighted by atomic mass is 9.84. The molecule has 0 saturated carbocycles. The predicted octanol–water partition coefficient (Wildman–Crippen LogP) is 4.99. The Balaban J connectivity index is 0. The fourth-order valence-corrected chi connectivity index (χ4v) is 0. The van der Waals surface area contributed by atoms with E-state index in [1.54, 1.807) is 0 Å². The number of rotatable bonds is 1. The summed E-state index contributed by atoms with van der Waals surface area (Å²) in [4.78, 5) is 0. The average Bonchev–Trinajstić information content (AvgIpc) is 1.86. The van der Waals surface area contributed by atoms with Gasteiger partial charge >= 0.3 is 0 Å². The molecule has 0 heterocycles. The average molecular weight is 186 g/mol. The minimum Gasteiger partial charge on any atom is -0.0625 e. The molecule has 0 atom stereocenters. The largest absolute Gasteiger partial charge is 0.0625 e. The number of hydrogen-bond acceptors (Lipinski definition) is 0. The summed E-state index contributed by atoms with van der Waals surface area (Å²) in [5.41, 5.74) is 0.500. The third-order valence-corrected chi connectivity index (χ3v) is 3.07. The Labute approximate surface area is 86.1 Å². The second-order valence-corrected chi connectivity index (χ2v) is 6.01. The van der Waals surface area contributed by atoms with E-state index in [0.29, 0.717) is 5.41 Å². The van der Waals surface area contributed by atoms with Crippen LogP contribution in [0.2, 0.25) is 0 Å².